The number of nitrogens with one attached hydrogen (secondary N) is 2. The SMILES string of the molecule is COCCCNC(=O)COC1(C)CCCNC1. The predicted molar refractivity (Wildman–Crippen MR) is 66.0 cm³/mol. The Balaban J connectivity index is 2.10. The number of carbonyl (C=O) groups is 1. The van der Waals surface area contributed by atoms with E-state index in [4.69, 9.17) is 9.47 Å². The van der Waals surface area contributed by atoms with Crippen molar-refractivity contribution in [2.75, 3.05) is 40.0 Å². The molecule has 1 amide bonds. The van der Waals surface area contributed by atoms with Crippen molar-refractivity contribution < 1.29 is 14.3 Å². The van der Waals surface area contributed by atoms with Gasteiger partial charge in [0.05, 0.1) is 5.60 Å². The molecule has 1 aliphatic rings. The quantitative estimate of drug-likeness (QED) is 0.632. The zero-order valence-electron chi connectivity index (χ0n) is 10.9. The van der Waals surface area contributed by atoms with Crippen LogP contribution >= 0.6 is 0 Å². The van der Waals surface area contributed by atoms with Gasteiger partial charge in [-0.2, -0.15) is 0 Å². The summed E-state index contributed by atoms with van der Waals surface area (Å²) in [5, 5.41) is 6.10. The standard InChI is InChI=1S/C12H24N2O3/c1-12(5-3-6-13-10-12)17-9-11(15)14-7-4-8-16-2/h13H,3-10H2,1-2H3,(H,14,15). The van der Waals surface area contributed by atoms with Crippen molar-refractivity contribution in [3.63, 3.8) is 0 Å². The number of methoxy groups -OCH3 is 1. The van der Waals surface area contributed by atoms with Crippen LogP contribution in [0.5, 0.6) is 0 Å². The number of carbonyl (C=O) groups excluding carboxylic acids is 1. The molecule has 17 heavy (non-hydrogen) atoms. The highest BCUT2D eigenvalue weighted by molar-refractivity contribution is 5.77. The molecule has 0 saturated carbocycles. The van der Waals surface area contributed by atoms with E-state index in [9.17, 15) is 4.79 Å². The number of hydrogen-bond donors (Lipinski definition) is 2. The first kappa shape index (κ1) is 14.4. The van der Waals surface area contributed by atoms with E-state index in [0.29, 0.717) is 13.2 Å². The van der Waals surface area contributed by atoms with E-state index in [1.807, 2.05) is 0 Å². The molecule has 1 saturated heterocycles. The molecule has 0 aromatic carbocycles. The van der Waals surface area contributed by atoms with Gasteiger partial charge in [0, 0.05) is 26.8 Å². The lowest BCUT2D eigenvalue weighted by molar-refractivity contribution is -0.133. The lowest BCUT2D eigenvalue weighted by Gasteiger charge is -2.33. The summed E-state index contributed by atoms with van der Waals surface area (Å²) in [7, 11) is 1.65. The minimum absolute atomic E-state index is 0.0482. The van der Waals surface area contributed by atoms with Gasteiger partial charge in [-0.05, 0) is 32.7 Å². The largest absolute Gasteiger partial charge is 0.385 e. The number of amides is 1. The maximum Gasteiger partial charge on any atom is 0.246 e. The van der Waals surface area contributed by atoms with Gasteiger partial charge in [0.1, 0.15) is 6.61 Å². The fourth-order valence-electron chi connectivity index (χ4n) is 1.89. The van der Waals surface area contributed by atoms with Gasteiger partial charge in [-0.3, -0.25) is 4.79 Å². The zero-order chi connectivity index (χ0) is 12.6. The second-order valence-electron chi connectivity index (χ2n) is 4.72. The Labute approximate surface area is 103 Å². The van der Waals surface area contributed by atoms with E-state index in [-0.39, 0.29) is 18.1 Å². The van der Waals surface area contributed by atoms with Gasteiger partial charge in [-0.25, -0.2) is 0 Å². The van der Waals surface area contributed by atoms with Gasteiger partial charge in [0.15, 0.2) is 0 Å². The highest BCUT2D eigenvalue weighted by Gasteiger charge is 2.27. The van der Waals surface area contributed by atoms with Crippen LogP contribution in [0.15, 0.2) is 0 Å². The normalized spacial score (nSPS) is 24.6. The first-order valence-electron chi connectivity index (χ1n) is 6.27. The van der Waals surface area contributed by atoms with Crippen molar-refractivity contribution in [2.45, 2.75) is 31.8 Å². The van der Waals surface area contributed by atoms with Crippen LogP contribution in [0.3, 0.4) is 0 Å². The molecule has 1 atom stereocenters. The molecule has 0 aromatic rings. The van der Waals surface area contributed by atoms with Gasteiger partial charge in [0.2, 0.25) is 5.91 Å². The number of rotatable bonds is 7. The van der Waals surface area contributed by atoms with Crippen LogP contribution in [0.25, 0.3) is 0 Å². The average Bonchev–Trinajstić information content (AvgIpc) is 2.33. The zero-order valence-corrected chi connectivity index (χ0v) is 10.9. The molecule has 1 heterocycles. The molecular weight excluding hydrogens is 220 g/mol. The summed E-state index contributed by atoms with van der Waals surface area (Å²) in [5.41, 5.74) is -0.192. The van der Waals surface area contributed by atoms with E-state index in [1.165, 1.54) is 0 Å². The van der Waals surface area contributed by atoms with Crippen molar-refractivity contribution >= 4 is 5.91 Å². The Hall–Kier alpha value is -0.650. The fourth-order valence-corrected chi connectivity index (χ4v) is 1.89. The van der Waals surface area contributed by atoms with E-state index in [1.54, 1.807) is 7.11 Å². The third kappa shape index (κ3) is 6.00. The van der Waals surface area contributed by atoms with Gasteiger partial charge in [0.25, 0.3) is 0 Å². The van der Waals surface area contributed by atoms with Crippen molar-refractivity contribution in [1.82, 2.24) is 10.6 Å². The maximum absolute atomic E-state index is 11.5. The first-order valence-corrected chi connectivity index (χ1v) is 6.27. The van der Waals surface area contributed by atoms with Gasteiger partial charge < -0.3 is 20.1 Å². The van der Waals surface area contributed by atoms with Gasteiger partial charge in [-0.15, -0.1) is 0 Å². The molecule has 100 valence electrons. The topological polar surface area (TPSA) is 59.6 Å². The lowest BCUT2D eigenvalue weighted by atomic mass is 9.96. The summed E-state index contributed by atoms with van der Waals surface area (Å²) < 4.78 is 10.6. The Kier molecular flexibility index (Phi) is 6.47. The Morgan fingerprint density at radius 1 is 1.53 bits per heavy atom. The van der Waals surface area contributed by atoms with Crippen molar-refractivity contribution in [1.29, 1.82) is 0 Å². The van der Waals surface area contributed by atoms with E-state index < -0.39 is 0 Å². The highest BCUT2D eigenvalue weighted by Crippen LogP contribution is 2.19. The third-order valence-corrected chi connectivity index (χ3v) is 2.96. The summed E-state index contributed by atoms with van der Waals surface area (Å²) in [5.74, 6) is -0.0482. The Morgan fingerprint density at radius 3 is 3.00 bits per heavy atom. The lowest BCUT2D eigenvalue weighted by Crippen LogP contribution is -2.47. The van der Waals surface area contributed by atoms with Gasteiger partial charge >= 0.3 is 0 Å². The van der Waals surface area contributed by atoms with E-state index in [2.05, 4.69) is 17.6 Å². The Bertz CT molecular complexity index is 228. The minimum atomic E-state index is -0.192. The molecule has 5 heteroatoms. The predicted octanol–water partition coefficient (Wildman–Crippen LogP) is 0.298. The molecular formula is C12H24N2O3. The second kappa shape index (κ2) is 7.63. The smallest absolute Gasteiger partial charge is 0.246 e. The average molecular weight is 244 g/mol. The molecule has 0 spiro atoms. The second-order valence-corrected chi connectivity index (χ2v) is 4.72. The van der Waals surface area contributed by atoms with Crippen molar-refractivity contribution in [3.8, 4) is 0 Å². The summed E-state index contributed by atoms with van der Waals surface area (Å²) in [6.07, 6.45) is 2.95. The third-order valence-electron chi connectivity index (χ3n) is 2.96. The number of ether oxygens (including phenoxy) is 2. The molecule has 5 nitrogen and oxygen atoms in total. The number of piperidine rings is 1. The van der Waals surface area contributed by atoms with Crippen LogP contribution in [0.4, 0.5) is 0 Å². The van der Waals surface area contributed by atoms with Gasteiger partial charge in [-0.1, -0.05) is 0 Å². The molecule has 0 aromatic heterocycles. The molecule has 1 unspecified atom stereocenters. The Morgan fingerprint density at radius 2 is 2.35 bits per heavy atom. The summed E-state index contributed by atoms with van der Waals surface area (Å²) >= 11 is 0. The van der Waals surface area contributed by atoms with Crippen molar-refractivity contribution in [3.05, 3.63) is 0 Å². The molecule has 0 radical (unpaired) electrons. The number of hydrogen-bond acceptors (Lipinski definition) is 4. The monoisotopic (exact) mass is 244 g/mol. The summed E-state index contributed by atoms with van der Waals surface area (Å²) in [4.78, 5) is 11.5. The fraction of sp³-hybridized carbons (Fsp3) is 0.917. The summed E-state index contributed by atoms with van der Waals surface area (Å²) in [6.45, 7) is 5.38. The molecule has 1 aliphatic heterocycles. The van der Waals surface area contributed by atoms with E-state index in [0.717, 1.165) is 32.4 Å². The molecule has 1 rings (SSSR count). The van der Waals surface area contributed by atoms with Crippen molar-refractivity contribution in [2.24, 2.45) is 0 Å². The molecule has 0 aliphatic carbocycles. The van der Waals surface area contributed by atoms with Crippen LogP contribution < -0.4 is 10.6 Å². The molecule has 1 fully saturated rings. The van der Waals surface area contributed by atoms with Crippen LogP contribution in [0.2, 0.25) is 0 Å². The van der Waals surface area contributed by atoms with Crippen LogP contribution in [0.1, 0.15) is 26.2 Å². The minimum Gasteiger partial charge on any atom is -0.385 e. The van der Waals surface area contributed by atoms with E-state index >= 15 is 0 Å². The maximum atomic E-state index is 11.5. The first-order chi connectivity index (χ1) is 8.16. The highest BCUT2D eigenvalue weighted by atomic mass is 16.5. The van der Waals surface area contributed by atoms with Crippen LogP contribution in [0, 0.1) is 0 Å². The molecule has 2 N–H and O–H groups in total. The van der Waals surface area contributed by atoms with Crippen LogP contribution in [-0.2, 0) is 14.3 Å². The molecule has 0 bridgehead atoms. The summed E-state index contributed by atoms with van der Waals surface area (Å²) in [6, 6.07) is 0. The van der Waals surface area contributed by atoms with Crippen LogP contribution in [-0.4, -0.2) is 51.5 Å².